The lowest BCUT2D eigenvalue weighted by molar-refractivity contribution is -0.135. The first-order chi connectivity index (χ1) is 17.8. The molecule has 0 aliphatic heterocycles. The Morgan fingerprint density at radius 3 is 2.03 bits per heavy atom. The Bertz CT molecular complexity index is 1420. The van der Waals surface area contributed by atoms with Gasteiger partial charge in [-0.05, 0) is 34.7 Å². The smallest absolute Gasteiger partial charge is 0.342 e. The molecule has 8 nitrogen and oxygen atoms in total. The monoisotopic (exact) mass is 536 g/mol. The van der Waals surface area contributed by atoms with E-state index in [0.29, 0.717) is 13.1 Å². The second kappa shape index (κ2) is 11.7. The lowest BCUT2D eigenvalue weighted by Crippen LogP contribution is -2.34. The number of amides is 1. The van der Waals surface area contributed by atoms with Gasteiger partial charge in [0, 0.05) is 19.2 Å². The molecule has 1 heterocycles. The summed E-state index contributed by atoms with van der Waals surface area (Å²) in [6, 6.07) is 25.7. The van der Waals surface area contributed by atoms with Crippen molar-refractivity contribution in [3.05, 3.63) is 113 Å². The Hall–Kier alpha value is -4.15. The van der Waals surface area contributed by atoms with Crippen LogP contribution >= 0.6 is 11.3 Å². The number of thiophene rings is 1. The Kier molecular flexibility index (Phi) is 8.22. The molecule has 10 heteroatoms. The van der Waals surface area contributed by atoms with Gasteiger partial charge in [-0.3, -0.25) is 9.52 Å². The van der Waals surface area contributed by atoms with Gasteiger partial charge in [0.15, 0.2) is 6.61 Å². The normalized spacial score (nSPS) is 11.0. The molecule has 0 radical (unpaired) electrons. The first-order valence-electron chi connectivity index (χ1n) is 11.2. The SMILES string of the molecule is O=C(OCC(=O)N(Cc1ccccc1)Cc1ccccc1)c1ccc(NS(=O)(=O)c2cccs2)cc1O. The van der Waals surface area contributed by atoms with Crippen molar-refractivity contribution in [2.24, 2.45) is 0 Å². The predicted octanol–water partition coefficient (Wildman–Crippen LogP) is 4.64. The van der Waals surface area contributed by atoms with Crippen LogP contribution in [0.1, 0.15) is 21.5 Å². The minimum absolute atomic E-state index is 0.0791. The molecule has 0 fully saturated rings. The number of carbonyl (C=O) groups excluding carboxylic acids is 2. The van der Waals surface area contributed by atoms with E-state index in [0.717, 1.165) is 28.5 Å². The fourth-order valence-corrected chi connectivity index (χ4v) is 5.57. The molecular weight excluding hydrogens is 512 g/mol. The van der Waals surface area contributed by atoms with Gasteiger partial charge in [-0.15, -0.1) is 11.3 Å². The van der Waals surface area contributed by atoms with Crippen molar-refractivity contribution in [1.82, 2.24) is 4.90 Å². The van der Waals surface area contributed by atoms with Crippen molar-refractivity contribution in [2.75, 3.05) is 11.3 Å². The van der Waals surface area contributed by atoms with Crippen LogP contribution in [-0.4, -0.2) is 36.9 Å². The van der Waals surface area contributed by atoms with Crippen LogP contribution in [0.4, 0.5) is 5.69 Å². The molecule has 0 spiro atoms. The molecule has 0 aliphatic carbocycles. The molecule has 0 saturated carbocycles. The third-order valence-corrected chi connectivity index (χ3v) is 8.12. The van der Waals surface area contributed by atoms with Gasteiger partial charge in [0.25, 0.3) is 15.9 Å². The van der Waals surface area contributed by atoms with Gasteiger partial charge in [-0.1, -0.05) is 66.7 Å². The highest BCUT2D eigenvalue weighted by molar-refractivity contribution is 7.94. The fraction of sp³-hybridized carbons (Fsp3) is 0.111. The molecule has 4 rings (SSSR count). The Labute approximate surface area is 218 Å². The largest absolute Gasteiger partial charge is 0.507 e. The van der Waals surface area contributed by atoms with Gasteiger partial charge in [0.2, 0.25) is 0 Å². The van der Waals surface area contributed by atoms with E-state index in [1.54, 1.807) is 16.3 Å². The van der Waals surface area contributed by atoms with Crippen molar-refractivity contribution in [3.63, 3.8) is 0 Å². The predicted molar refractivity (Wildman–Crippen MR) is 141 cm³/mol. The van der Waals surface area contributed by atoms with Crippen LogP contribution < -0.4 is 4.72 Å². The van der Waals surface area contributed by atoms with Crippen molar-refractivity contribution < 1.29 is 27.9 Å². The van der Waals surface area contributed by atoms with E-state index in [1.807, 2.05) is 60.7 Å². The summed E-state index contributed by atoms with van der Waals surface area (Å²) in [5.41, 5.74) is 1.74. The molecule has 2 N–H and O–H groups in total. The number of anilines is 1. The molecule has 0 aliphatic rings. The third kappa shape index (κ3) is 6.96. The van der Waals surface area contributed by atoms with Gasteiger partial charge >= 0.3 is 5.97 Å². The number of hydrogen-bond acceptors (Lipinski definition) is 7. The maximum Gasteiger partial charge on any atom is 0.342 e. The molecule has 37 heavy (non-hydrogen) atoms. The number of benzene rings is 3. The van der Waals surface area contributed by atoms with Gasteiger partial charge in [0.1, 0.15) is 15.5 Å². The van der Waals surface area contributed by atoms with Crippen molar-refractivity contribution in [3.8, 4) is 5.75 Å². The van der Waals surface area contributed by atoms with Crippen LogP contribution in [0.15, 0.2) is 101 Å². The van der Waals surface area contributed by atoms with E-state index in [4.69, 9.17) is 4.74 Å². The summed E-state index contributed by atoms with van der Waals surface area (Å²) in [4.78, 5) is 27.2. The molecule has 0 unspecified atom stereocenters. The number of carbonyl (C=O) groups is 2. The molecule has 4 aromatic rings. The number of aromatic hydroxyl groups is 1. The number of esters is 1. The zero-order valence-electron chi connectivity index (χ0n) is 19.6. The number of nitrogens with zero attached hydrogens (tertiary/aromatic N) is 1. The Morgan fingerprint density at radius 2 is 1.49 bits per heavy atom. The van der Waals surface area contributed by atoms with Crippen molar-refractivity contribution >= 4 is 38.9 Å². The summed E-state index contributed by atoms with van der Waals surface area (Å²) in [7, 11) is -3.81. The summed E-state index contributed by atoms with van der Waals surface area (Å²) >= 11 is 1.05. The van der Waals surface area contributed by atoms with Crippen LogP contribution in [-0.2, 0) is 32.6 Å². The summed E-state index contributed by atoms with van der Waals surface area (Å²) in [5.74, 6) is -1.78. The minimum atomic E-state index is -3.81. The zero-order valence-corrected chi connectivity index (χ0v) is 21.2. The lowest BCUT2D eigenvalue weighted by Gasteiger charge is -2.23. The summed E-state index contributed by atoms with van der Waals surface area (Å²) in [6.07, 6.45) is 0. The molecule has 1 aromatic heterocycles. The highest BCUT2D eigenvalue weighted by atomic mass is 32.2. The number of rotatable bonds is 10. The quantitative estimate of drug-likeness (QED) is 0.286. The van der Waals surface area contributed by atoms with E-state index < -0.39 is 34.3 Å². The number of phenolic OH excluding ortho intramolecular Hbond substituents is 1. The van der Waals surface area contributed by atoms with E-state index in [2.05, 4.69) is 4.72 Å². The van der Waals surface area contributed by atoms with Crippen LogP contribution in [0.2, 0.25) is 0 Å². The number of phenols is 1. The number of sulfonamides is 1. The highest BCUT2D eigenvalue weighted by Crippen LogP contribution is 2.26. The average molecular weight is 537 g/mol. The summed E-state index contributed by atoms with van der Waals surface area (Å²) in [5, 5.41) is 12.0. The molecule has 190 valence electrons. The second-order valence-corrected chi connectivity index (χ2v) is 10.9. The molecule has 1 amide bonds. The summed E-state index contributed by atoms with van der Waals surface area (Å²) in [6.45, 7) is 0.137. The second-order valence-electron chi connectivity index (χ2n) is 8.07. The average Bonchev–Trinajstić information content (AvgIpc) is 3.44. The van der Waals surface area contributed by atoms with E-state index >= 15 is 0 Å². The van der Waals surface area contributed by atoms with Gasteiger partial charge in [-0.25, -0.2) is 13.2 Å². The Balaban J connectivity index is 1.41. The molecular formula is C27H24N2O6S2. The van der Waals surface area contributed by atoms with Gasteiger partial charge in [0.05, 0.1) is 5.69 Å². The maximum absolute atomic E-state index is 13.0. The van der Waals surface area contributed by atoms with E-state index in [-0.39, 0.29) is 15.5 Å². The van der Waals surface area contributed by atoms with Crippen LogP contribution in [0.5, 0.6) is 5.75 Å². The first-order valence-corrected chi connectivity index (χ1v) is 13.6. The number of ether oxygens (including phenoxy) is 1. The van der Waals surface area contributed by atoms with E-state index in [9.17, 15) is 23.1 Å². The number of nitrogens with one attached hydrogen (secondary N) is 1. The standard InChI is InChI=1S/C27H24N2O6S2/c30-24-16-22(28-37(33,34)26-12-7-15-36-26)13-14-23(24)27(32)35-19-25(31)29(17-20-8-3-1-4-9-20)18-21-10-5-2-6-11-21/h1-16,28,30H,17-19H2. The minimum Gasteiger partial charge on any atom is -0.507 e. The molecule has 0 bridgehead atoms. The number of hydrogen-bond donors (Lipinski definition) is 2. The van der Waals surface area contributed by atoms with Crippen LogP contribution in [0, 0.1) is 0 Å². The third-order valence-electron chi connectivity index (χ3n) is 5.34. The van der Waals surface area contributed by atoms with Crippen LogP contribution in [0.25, 0.3) is 0 Å². The highest BCUT2D eigenvalue weighted by Gasteiger charge is 2.21. The van der Waals surface area contributed by atoms with E-state index in [1.165, 1.54) is 18.2 Å². The molecule has 0 atom stereocenters. The van der Waals surface area contributed by atoms with Gasteiger partial charge in [-0.2, -0.15) is 0 Å². The van der Waals surface area contributed by atoms with Crippen molar-refractivity contribution in [1.29, 1.82) is 0 Å². The first kappa shape index (κ1) is 25.9. The topological polar surface area (TPSA) is 113 Å². The van der Waals surface area contributed by atoms with Gasteiger partial charge < -0.3 is 14.7 Å². The molecule has 0 saturated heterocycles. The molecule has 3 aromatic carbocycles. The summed E-state index contributed by atoms with van der Waals surface area (Å²) < 4.78 is 32.4. The Morgan fingerprint density at radius 1 is 0.865 bits per heavy atom. The fourth-order valence-electron chi connectivity index (χ4n) is 3.53. The van der Waals surface area contributed by atoms with Crippen molar-refractivity contribution in [2.45, 2.75) is 17.3 Å². The lowest BCUT2D eigenvalue weighted by atomic mass is 10.1. The maximum atomic E-state index is 13.0. The van der Waals surface area contributed by atoms with Crippen LogP contribution in [0.3, 0.4) is 0 Å². The zero-order chi connectivity index (χ0) is 26.3.